The Morgan fingerprint density at radius 3 is 2.72 bits per heavy atom. The van der Waals surface area contributed by atoms with E-state index in [1.54, 1.807) is 4.90 Å². The summed E-state index contributed by atoms with van der Waals surface area (Å²) in [4.78, 5) is 13.6. The average molecular weight is 379 g/mol. The largest absolute Gasteiger partial charge is 0.483 e. The molecule has 1 aliphatic rings. The molecule has 0 N–H and O–H groups in total. The van der Waals surface area contributed by atoms with E-state index in [1.807, 2.05) is 18.2 Å². The van der Waals surface area contributed by atoms with E-state index in [4.69, 9.17) is 9.47 Å². The number of ether oxygens (including phenoxy) is 2. The average Bonchev–Trinajstić information content (AvgIpc) is 2.38. The van der Waals surface area contributed by atoms with Gasteiger partial charge in [0.15, 0.2) is 6.61 Å². The number of carbonyl (C=O) groups is 1. The van der Waals surface area contributed by atoms with Crippen molar-refractivity contribution in [1.82, 2.24) is 4.90 Å². The Labute approximate surface area is 122 Å². The van der Waals surface area contributed by atoms with Gasteiger partial charge >= 0.3 is 0 Å². The monoisotopic (exact) mass is 377 g/mol. The van der Waals surface area contributed by atoms with E-state index in [9.17, 15) is 4.79 Å². The van der Waals surface area contributed by atoms with Gasteiger partial charge in [-0.15, -0.1) is 0 Å². The van der Waals surface area contributed by atoms with Crippen molar-refractivity contribution in [3.63, 3.8) is 0 Å². The molecule has 0 saturated carbocycles. The number of rotatable bonds is 3. The highest BCUT2D eigenvalue weighted by Gasteiger charge is 2.17. The molecule has 0 aromatic heterocycles. The maximum Gasteiger partial charge on any atom is 0.260 e. The second kappa shape index (κ2) is 6.54. The van der Waals surface area contributed by atoms with Crippen LogP contribution < -0.4 is 4.74 Å². The minimum absolute atomic E-state index is 0.00637. The van der Waals surface area contributed by atoms with Gasteiger partial charge in [-0.3, -0.25) is 4.79 Å². The van der Waals surface area contributed by atoms with E-state index >= 15 is 0 Å². The van der Waals surface area contributed by atoms with E-state index in [0.717, 1.165) is 8.95 Å². The number of carbonyl (C=O) groups excluding carboxylic acids is 1. The molecule has 0 spiro atoms. The van der Waals surface area contributed by atoms with Crippen molar-refractivity contribution in [2.75, 3.05) is 32.9 Å². The Kier molecular flexibility index (Phi) is 5.03. The maximum absolute atomic E-state index is 11.9. The summed E-state index contributed by atoms with van der Waals surface area (Å²) < 4.78 is 12.5. The topological polar surface area (TPSA) is 38.8 Å². The molecule has 1 saturated heterocycles. The number of morpholine rings is 1. The van der Waals surface area contributed by atoms with Gasteiger partial charge in [0.2, 0.25) is 0 Å². The first-order valence-corrected chi connectivity index (χ1v) is 7.19. The van der Waals surface area contributed by atoms with Gasteiger partial charge in [0.25, 0.3) is 5.91 Å². The number of halogens is 2. The van der Waals surface area contributed by atoms with Crippen LogP contribution in [0.2, 0.25) is 0 Å². The third-order valence-corrected chi connectivity index (χ3v) is 3.72. The van der Waals surface area contributed by atoms with Crippen molar-refractivity contribution in [3.8, 4) is 5.75 Å². The molecule has 0 aliphatic carbocycles. The highest BCUT2D eigenvalue weighted by Crippen LogP contribution is 2.28. The molecule has 1 amide bonds. The van der Waals surface area contributed by atoms with Gasteiger partial charge in [0.05, 0.1) is 17.7 Å². The summed E-state index contributed by atoms with van der Waals surface area (Å²) in [5.41, 5.74) is 0. The fourth-order valence-electron chi connectivity index (χ4n) is 1.64. The summed E-state index contributed by atoms with van der Waals surface area (Å²) in [7, 11) is 0. The normalized spacial score (nSPS) is 15.6. The Hall–Kier alpha value is -0.590. The molecular weight excluding hydrogens is 366 g/mol. The Bertz CT molecular complexity index is 433. The quantitative estimate of drug-likeness (QED) is 0.810. The molecular formula is C12H13Br2NO3. The van der Waals surface area contributed by atoms with Crippen molar-refractivity contribution in [2.24, 2.45) is 0 Å². The standard InChI is InChI=1S/C12H13Br2NO3/c13-9-1-2-11(10(14)7-9)18-8-12(16)15-3-5-17-6-4-15/h1-2,7H,3-6,8H2. The molecule has 1 aliphatic heterocycles. The fourth-order valence-corrected chi connectivity index (χ4v) is 2.80. The lowest BCUT2D eigenvalue weighted by atomic mass is 10.3. The van der Waals surface area contributed by atoms with E-state index in [2.05, 4.69) is 31.9 Å². The zero-order valence-corrected chi connectivity index (χ0v) is 12.9. The highest BCUT2D eigenvalue weighted by atomic mass is 79.9. The van der Waals surface area contributed by atoms with Crippen LogP contribution in [0.4, 0.5) is 0 Å². The SMILES string of the molecule is O=C(COc1ccc(Br)cc1Br)N1CCOCC1. The lowest BCUT2D eigenvalue weighted by molar-refractivity contribution is -0.137. The van der Waals surface area contributed by atoms with Gasteiger partial charge < -0.3 is 14.4 Å². The minimum atomic E-state index is -0.00637. The first-order valence-electron chi connectivity index (χ1n) is 5.60. The van der Waals surface area contributed by atoms with Crippen LogP contribution in [-0.2, 0) is 9.53 Å². The zero-order valence-electron chi connectivity index (χ0n) is 9.70. The predicted molar refractivity (Wildman–Crippen MR) is 74.7 cm³/mol. The molecule has 0 unspecified atom stereocenters. The molecule has 6 heteroatoms. The number of amides is 1. The van der Waals surface area contributed by atoms with Crippen LogP contribution in [0.3, 0.4) is 0 Å². The first kappa shape index (κ1) is 13.8. The molecule has 1 aromatic carbocycles. The van der Waals surface area contributed by atoms with Crippen molar-refractivity contribution < 1.29 is 14.3 Å². The summed E-state index contributed by atoms with van der Waals surface area (Å²) in [5, 5.41) is 0. The molecule has 1 aromatic rings. The minimum Gasteiger partial charge on any atom is -0.483 e. The van der Waals surface area contributed by atoms with Gasteiger partial charge in [0, 0.05) is 17.6 Å². The second-order valence-electron chi connectivity index (χ2n) is 3.86. The van der Waals surface area contributed by atoms with Gasteiger partial charge in [-0.2, -0.15) is 0 Å². The van der Waals surface area contributed by atoms with Crippen LogP contribution in [0.15, 0.2) is 27.1 Å². The number of nitrogens with zero attached hydrogens (tertiary/aromatic N) is 1. The molecule has 2 rings (SSSR count). The third-order valence-electron chi connectivity index (χ3n) is 2.61. The van der Waals surface area contributed by atoms with E-state index < -0.39 is 0 Å². The van der Waals surface area contributed by atoms with Crippen molar-refractivity contribution in [2.45, 2.75) is 0 Å². The summed E-state index contributed by atoms with van der Waals surface area (Å²) >= 11 is 6.76. The molecule has 0 atom stereocenters. The van der Waals surface area contributed by atoms with E-state index in [-0.39, 0.29) is 12.5 Å². The van der Waals surface area contributed by atoms with Crippen LogP contribution in [0.5, 0.6) is 5.75 Å². The number of hydrogen-bond donors (Lipinski definition) is 0. The summed E-state index contributed by atoms with van der Waals surface area (Å²) in [6, 6.07) is 5.58. The van der Waals surface area contributed by atoms with Gasteiger partial charge in [-0.25, -0.2) is 0 Å². The van der Waals surface area contributed by atoms with Crippen LogP contribution in [0.1, 0.15) is 0 Å². The lowest BCUT2D eigenvalue weighted by Gasteiger charge is -2.26. The number of hydrogen-bond acceptors (Lipinski definition) is 3. The molecule has 4 nitrogen and oxygen atoms in total. The third kappa shape index (κ3) is 3.70. The van der Waals surface area contributed by atoms with Gasteiger partial charge in [-0.1, -0.05) is 15.9 Å². The molecule has 18 heavy (non-hydrogen) atoms. The maximum atomic E-state index is 11.9. The Morgan fingerprint density at radius 2 is 2.06 bits per heavy atom. The summed E-state index contributed by atoms with van der Waals surface area (Å²) in [6.45, 7) is 2.55. The Morgan fingerprint density at radius 1 is 1.33 bits per heavy atom. The predicted octanol–water partition coefficient (Wildman–Crippen LogP) is 2.45. The van der Waals surface area contributed by atoms with Crippen molar-refractivity contribution in [1.29, 1.82) is 0 Å². The molecule has 0 radical (unpaired) electrons. The molecule has 98 valence electrons. The Balaban J connectivity index is 1.88. The van der Waals surface area contributed by atoms with Crippen molar-refractivity contribution >= 4 is 37.8 Å². The summed E-state index contributed by atoms with van der Waals surface area (Å²) in [6.07, 6.45) is 0. The molecule has 0 bridgehead atoms. The van der Waals surface area contributed by atoms with Crippen LogP contribution in [0, 0.1) is 0 Å². The van der Waals surface area contributed by atoms with E-state index in [1.165, 1.54) is 0 Å². The van der Waals surface area contributed by atoms with Crippen LogP contribution in [-0.4, -0.2) is 43.7 Å². The van der Waals surface area contributed by atoms with Crippen LogP contribution in [0.25, 0.3) is 0 Å². The smallest absolute Gasteiger partial charge is 0.260 e. The van der Waals surface area contributed by atoms with E-state index in [0.29, 0.717) is 32.1 Å². The van der Waals surface area contributed by atoms with Crippen molar-refractivity contribution in [3.05, 3.63) is 27.1 Å². The second-order valence-corrected chi connectivity index (χ2v) is 5.63. The highest BCUT2D eigenvalue weighted by molar-refractivity contribution is 9.11. The lowest BCUT2D eigenvalue weighted by Crippen LogP contribution is -2.43. The first-order chi connectivity index (χ1) is 8.66. The molecule has 1 fully saturated rings. The number of benzene rings is 1. The van der Waals surface area contributed by atoms with Crippen LogP contribution >= 0.6 is 31.9 Å². The summed E-state index contributed by atoms with van der Waals surface area (Å²) in [5.74, 6) is 0.660. The zero-order chi connectivity index (χ0) is 13.0. The van der Waals surface area contributed by atoms with Gasteiger partial charge in [-0.05, 0) is 34.1 Å². The fraction of sp³-hybridized carbons (Fsp3) is 0.417. The van der Waals surface area contributed by atoms with Gasteiger partial charge in [0.1, 0.15) is 5.75 Å². The molecule has 1 heterocycles.